The molecule has 0 bridgehead atoms. The molecule has 1 N–H and O–H groups in total. The van der Waals surface area contributed by atoms with Crippen LogP contribution in [0.2, 0.25) is 0 Å². The van der Waals surface area contributed by atoms with Gasteiger partial charge >= 0.3 is 0 Å². The maximum atomic E-state index is 4.36. The van der Waals surface area contributed by atoms with Crippen molar-refractivity contribution >= 4 is 5.95 Å². The smallest absolute Gasteiger partial charge is 0.243 e. The van der Waals surface area contributed by atoms with Gasteiger partial charge in [0.15, 0.2) is 0 Å². The van der Waals surface area contributed by atoms with E-state index in [2.05, 4.69) is 32.4 Å². The van der Waals surface area contributed by atoms with Crippen LogP contribution in [0.4, 0.5) is 5.95 Å². The minimum absolute atomic E-state index is 0.457. The highest BCUT2D eigenvalue weighted by Gasteiger charge is 2.19. The van der Waals surface area contributed by atoms with Crippen molar-refractivity contribution in [2.75, 3.05) is 25.5 Å². The molecule has 1 aliphatic rings. The topological polar surface area (TPSA) is 53.9 Å². The Morgan fingerprint density at radius 1 is 1.27 bits per heavy atom. The third kappa shape index (κ3) is 2.41. The number of anilines is 1. The quantitative estimate of drug-likeness (QED) is 0.770. The van der Waals surface area contributed by atoms with Crippen molar-refractivity contribution in [2.45, 2.75) is 26.3 Å². The second-order valence-electron chi connectivity index (χ2n) is 4.20. The molecule has 0 saturated carbocycles. The van der Waals surface area contributed by atoms with Crippen LogP contribution in [0.5, 0.6) is 0 Å². The van der Waals surface area contributed by atoms with Gasteiger partial charge in [-0.25, -0.2) is 4.98 Å². The predicted molar refractivity (Wildman–Crippen MR) is 58.8 cm³/mol. The van der Waals surface area contributed by atoms with Gasteiger partial charge in [-0.1, -0.05) is 0 Å². The second-order valence-corrected chi connectivity index (χ2v) is 4.20. The highest BCUT2D eigenvalue weighted by Crippen LogP contribution is 2.11. The fraction of sp³-hybridized carbons (Fsp3) is 0.700. The Balaban J connectivity index is 2.02. The van der Waals surface area contributed by atoms with E-state index in [0.717, 1.165) is 30.9 Å². The van der Waals surface area contributed by atoms with Gasteiger partial charge in [-0.2, -0.15) is 5.10 Å². The molecule has 1 aromatic heterocycles. The van der Waals surface area contributed by atoms with E-state index in [9.17, 15) is 0 Å². The first-order valence-corrected chi connectivity index (χ1v) is 5.28. The average molecular weight is 207 g/mol. The number of rotatable bonds is 2. The summed E-state index contributed by atoms with van der Waals surface area (Å²) in [5, 5.41) is 11.4. The largest absolute Gasteiger partial charge is 0.349 e. The van der Waals surface area contributed by atoms with Crippen LogP contribution in [0.25, 0.3) is 0 Å². The number of likely N-dealkylation sites (tertiary alicyclic amines) is 1. The number of aromatic nitrogens is 3. The second kappa shape index (κ2) is 4.10. The Kier molecular flexibility index (Phi) is 2.81. The highest BCUT2D eigenvalue weighted by molar-refractivity contribution is 5.26. The lowest BCUT2D eigenvalue weighted by molar-refractivity contribution is 0.414. The fourth-order valence-electron chi connectivity index (χ4n) is 1.75. The molecule has 0 aliphatic carbocycles. The summed E-state index contributed by atoms with van der Waals surface area (Å²) in [6.45, 7) is 6.06. The zero-order valence-corrected chi connectivity index (χ0v) is 9.49. The maximum Gasteiger partial charge on any atom is 0.243 e. The molecule has 5 heteroatoms. The normalized spacial score (nSPS) is 21.9. The molecular weight excluding hydrogens is 190 g/mol. The Labute approximate surface area is 89.9 Å². The molecule has 0 spiro atoms. The van der Waals surface area contributed by atoms with E-state index in [1.807, 2.05) is 13.8 Å². The van der Waals surface area contributed by atoms with Gasteiger partial charge in [-0.15, -0.1) is 5.10 Å². The van der Waals surface area contributed by atoms with Crippen LogP contribution in [0.15, 0.2) is 0 Å². The first kappa shape index (κ1) is 10.3. The summed E-state index contributed by atoms with van der Waals surface area (Å²) in [7, 11) is 2.13. The Morgan fingerprint density at radius 2 is 2.07 bits per heavy atom. The van der Waals surface area contributed by atoms with Gasteiger partial charge in [0.1, 0.15) is 0 Å². The number of hydrogen-bond acceptors (Lipinski definition) is 5. The van der Waals surface area contributed by atoms with Gasteiger partial charge in [0, 0.05) is 12.6 Å². The number of likely N-dealkylation sites (N-methyl/N-ethyl adjacent to an activating group) is 1. The first-order chi connectivity index (χ1) is 7.15. The average Bonchev–Trinajstić information content (AvgIpc) is 2.58. The van der Waals surface area contributed by atoms with Crippen LogP contribution in [-0.4, -0.2) is 46.3 Å². The molecule has 15 heavy (non-hydrogen) atoms. The number of hydrogen-bond donors (Lipinski definition) is 1. The molecule has 1 aromatic rings. The van der Waals surface area contributed by atoms with E-state index in [1.165, 1.54) is 0 Å². The Bertz CT molecular complexity index is 352. The van der Waals surface area contributed by atoms with Gasteiger partial charge in [-0.3, -0.25) is 0 Å². The third-order valence-corrected chi connectivity index (χ3v) is 2.82. The molecular formula is C10H17N5. The molecule has 1 aliphatic heterocycles. The lowest BCUT2D eigenvalue weighted by Gasteiger charge is -2.12. The van der Waals surface area contributed by atoms with Crippen LogP contribution in [-0.2, 0) is 0 Å². The zero-order valence-electron chi connectivity index (χ0n) is 9.49. The first-order valence-electron chi connectivity index (χ1n) is 5.28. The van der Waals surface area contributed by atoms with E-state index < -0.39 is 0 Å². The summed E-state index contributed by atoms with van der Waals surface area (Å²) in [6, 6.07) is 0.457. The van der Waals surface area contributed by atoms with Gasteiger partial charge in [-0.05, 0) is 33.9 Å². The molecule has 0 aromatic carbocycles. The van der Waals surface area contributed by atoms with Crippen molar-refractivity contribution in [3.05, 3.63) is 11.4 Å². The maximum absolute atomic E-state index is 4.36. The molecule has 1 fully saturated rings. The summed E-state index contributed by atoms with van der Waals surface area (Å²) in [4.78, 5) is 6.66. The molecule has 5 nitrogen and oxygen atoms in total. The molecule has 0 radical (unpaired) electrons. The standard InChI is InChI=1S/C10H17N5/c1-7-8(2)13-14-10(11-7)12-9-4-5-15(3)6-9/h9H,4-6H2,1-3H3,(H,11,12,14). The van der Waals surface area contributed by atoms with Crippen molar-refractivity contribution in [3.63, 3.8) is 0 Å². The number of aryl methyl sites for hydroxylation is 2. The molecule has 2 rings (SSSR count). The number of nitrogens with zero attached hydrogens (tertiary/aromatic N) is 4. The lowest BCUT2D eigenvalue weighted by Crippen LogP contribution is -2.25. The summed E-state index contributed by atoms with van der Waals surface area (Å²) in [6.07, 6.45) is 1.15. The van der Waals surface area contributed by atoms with E-state index in [0.29, 0.717) is 12.0 Å². The van der Waals surface area contributed by atoms with Gasteiger partial charge in [0.2, 0.25) is 5.95 Å². The van der Waals surface area contributed by atoms with Crippen molar-refractivity contribution in [1.29, 1.82) is 0 Å². The Hall–Kier alpha value is -1.23. The molecule has 0 amide bonds. The lowest BCUT2D eigenvalue weighted by atomic mass is 10.3. The molecule has 1 unspecified atom stereocenters. The van der Waals surface area contributed by atoms with Crippen LogP contribution >= 0.6 is 0 Å². The summed E-state index contributed by atoms with van der Waals surface area (Å²) < 4.78 is 0. The van der Waals surface area contributed by atoms with Crippen LogP contribution < -0.4 is 5.32 Å². The highest BCUT2D eigenvalue weighted by atomic mass is 15.3. The van der Waals surface area contributed by atoms with Gasteiger partial charge in [0.05, 0.1) is 11.4 Å². The van der Waals surface area contributed by atoms with Crippen LogP contribution in [0.3, 0.4) is 0 Å². The zero-order chi connectivity index (χ0) is 10.8. The summed E-state index contributed by atoms with van der Waals surface area (Å²) in [5.74, 6) is 0.651. The molecule has 82 valence electrons. The molecule has 1 saturated heterocycles. The predicted octanol–water partition coefficient (Wildman–Crippen LogP) is 0.604. The minimum Gasteiger partial charge on any atom is -0.349 e. The third-order valence-electron chi connectivity index (χ3n) is 2.82. The Morgan fingerprint density at radius 3 is 2.67 bits per heavy atom. The van der Waals surface area contributed by atoms with Crippen molar-refractivity contribution in [2.24, 2.45) is 0 Å². The monoisotopic (exact) mass is 207 g/mol. The van der Waals surface area contributed by atoms with E-state index in [4.69, 9.17) is 0 Å². The minimum atomic E-state index is 0.457. The van der Waals surface area contributed by atoms with E-state index in [1.54, 1.807) is 0 Å². The summed E-state index contributed by atoms with van der Waals surface area (Å²) >= 11 is 0. The van der Waals surface area contributed by atoms with Crippen molar-refractivity contribution in [1.82, 2.24) is 20.1 Å². The SMILES string of the molecule is Cc1nnc(NC2CCN(C)C2)nc1C. The van der Waals surface area contributed by atoms with Crippen molar-refractivity contribution in [3.8, 4) is 0 Å². The van der Waals surface area contributed by atoms with Gasteiger partial charge < -0.3 is 10.2 Å². The van der Waals surface area contributed by atoms with Crippen LogP contribution in [0, 0.1) is 13.8 Å². The fourth-order valence-corrected chi connectivity index (χ4v) is 1.75. The van der Waals surface area contributed by atoms with E-state index >= 15 is 0 Å². The number of nitrogens with one attached hydrogen (secondary N) is 1. The van der Waals surface area contributed by atoms with Crippen LogP contribution in [0.1, 0.15) is 17.8 Å². The van der Waals surface area contributed by atoms with Crippen molar-refractivity contribution < 1.29 is 0 Å². The van der Waals surface area contributed by atoms with Gasteiger partial charge in [0.25, 0.3) is 0 Å². The molecule has 2 heterocycles. The van der Waals surface area contributed by atoms with E-state index in [-0.39, 0.29) is 0 Å². The summed E-state index contributed by atoms with van der Waals surface area (Å²) in [5.41, 5.74) is 1.84. The molecule has 1 atom stereocenters.